The van der Waals surface area contributed by atoms with Crippen molar-refractivity contribution in [3.05, 3.63) is 64.1 Å². The second-order valence-electron chi connectivity index (χ2n) is 6.46. The van der Waals surface area contributed by atoms with E-state index in [9.17, 15) is 13.2 Å². The molecule has 0 unspecified atom stereocenters. The first kappa shape index (κ1) is 19.2. The predicted octanol–water partition coefficient (Wildman–Crippen LogP) is 6.22. The van der Waals surface area contributed by atoms with E-state index >= 15 is 0 Å². The summed E-state index contributed by atoms with van der Waals surface area (Å²) in [5.74, 6) is 0. The second kappa shape index (κ2) is 7.56. The molecule has 2 N–H and O–H groups in total. The SMILES string of the molecule is FC(F)(F)c1cccc(C2(NC(=S)Nc3cccc(Br)c3)CCCC2)c1. The van der Waals surface area contributed by atoms with E-state index in [1.165, 1.54) is 12.1 Å². The molecule has 0 bridgehead atoms. The minimum absolute atomic E-state index is 0.405. The molecule has 0 amide bonds. The summed E-state index contributed by atoms with van der Waals surface area (Å²) < 4.78 is 40.2. The highest BCUT2D eigenvalue weighted by molar-refractivity contribution is 9.10. The Morgan fingerprint density at radius 1 is 1.04 bits per heavy atom. The largest absolute Gasteiger partial charge is 0.416 e. The van der Waals surface area contributed by atoms with Gasteiger partial charge < -0.3 is 10.6 Å². The highest BCUT2D eigenvalue weighted by atomic mass is 79.9. The number of hydrogen-bond donors (Lipinski definition) is 2. The van der Waals surface area contributed by atoms with Crippen LogP contribution in [-0.4, -0.2) is 5.11 Å². The highest BCUT2D eigenvalue weighted by Gasteiger charge is 2.38. The smallest absolute Gasteiger partial charge is 0.353 e. The van der Waals surface area contributed by atoms with Crippen molar-refractivity contribution < 1.29 is 13.2 Å². The molecule has 0 saturated heterocycles. The van der Waals surface area contributed by atoms with Gasteiger partial charge in [-0.1, -0.05) is 47.0 Å². The van der Waals surface area contributed by atoms with E-state index in [2.05, 4.69) is 26.6 Å². The van der Waals surface area contributed by atoms with E-state index in [0.717, 1.165) is 41.9 Å². The van der Waals surface area contributed by atoms with Gasteiger partial charge in [-0.3, -0.25) is 0 Å². The minimum atomic E-state index is -4.36. The first-order valence-electron chi connectivity index (χ1n) is 8.31. The first-order chi connectivity index (χ1) is 12.3. The molecule has 26 heavy (non-hydrogen) atoms. The van der Waals surface area contributed by atoms with Crippen LogP contribution in [0.5, 0.6) is 0 Å². The van der Waals surface area contributed by atoms with E-state index in [-0.39, 0.29) is 0 Å². The van der Waals surface area contributed by atoms with Crippen LogP contribution in [0.25, 0.3) is 0 Å². The molecule has 1 aliphatic carbocycles. The average molecular weight is 443 g/mol. The zero-order valence-corrected chi connectivity index (χ0v) is 16.3. The van der Waals surface area contributed by atoms with E-state index in [1.807, 2.05) is 24.3 Å². The molecule has 138 valence electrons. The molecule has 0 radical (unpaired) electrons. The summed E-state index contributed by atoms with van der Waals surface area (Å²) in [5, 5.41) is 6.82. The van der Waals surface area contributed by atoms with Crippen molar-refractivity contribution in [1.29, 1.82) is 0 Å². The van der Waals surface area contributed by atoms with Crippen molar-refractivity contribution in [2.75, 3.05) is 5.32 Å². The van der Waals surface area contributed by atoms with Crippen molar-refractivity contribution in [3.63, 3.8) is 0 Å². The summed E-state index contributed by atoms with van der Waals surface area (Å²) in [4.78, 5) is 0. The minimum Gasteiger partial charge on any atom is -0.353 e. The zero-order valence-electron chi connectivity index (χ0n) is 13.9. The Hall–Kier alpha value is -1.60. The maximum Gasteiger partial charge on any atom is 0.416 e. The average Bonchev–Trinajstić information content (AvgIpc) is 3.04. The summed E-state index contributed by atoms with van der Waals surface area (Å²) in [7, 11) is 0. The molecule has 2 aromatic rings. The summed E-state index contributed by atoms with van der Waals surface area (Å²) in [6.45, 7) is 0. The Morgan fingerprint density at radius 3 is 2.38 bits per heavy atom. The van der Waals surface area contributed by atoms with Crippen molar-refractivity contribution in [2.45, 2.75) is 37.4 Å². The Labute approximate surface area is 164 Å². The molecule has 1 fully saturated rings. The van der Waals surface area contributed by atoms with Crippen LogP contribution in [0.2, 0.25) is 0 Å². The van der Waals surface area contributed by atoms with Gasteiger partial charge in [0.05, 0.1) is 11.1 Å². The zero-order chi connectivity index (χ0) is 18.8. The van der Waals surface area contributed by atoms with Crippen LogP contribution in [-0.2, 0) is 11.7 Å². The number of anilines is 1. The molecule has 1 aliphatic rings. The lowest BCUT2D eigenvalue weighted by molar-refractivity contribution is -0.137. The van der Waals surface area contributed by atoms with Crippen molar-refractivity contribution in [1.82, 2.24) is 5.32 Å². The Bertz CT molecular complexity index is 801. The van der Waals surface area contributed by atoms with Crippen LogP contribution < -0.4 is 10.6 Å². The third kappa shape index (κ3) is 4.38. The number of benzene rings is 2. The summed E-state index contributed by atoms with van der Waals surface area (Å²) in [6.07, 6.45) is -0.973. The van der Waals surface area contributed by atoms with Gasteiger partial charge in [-0.2, -0.15) is 13.2 Å². The maximum atomic E-state index is 13.1. The highest BCUT2D eigenvalue weighted by Crippen LogP contribution is 2.41. The van der Waals surface area contributed by atoms with Crippen LogP contribution in [0, 0.1) is 0 Å². The molecule has 3 rings (SSSR count). The van der Waals surface area contributed by atoms with Gasteiger partial charge in [0.2, 0.25) is 0 Å². The Balaban J connectivity index is 1.83. The van der Waals surface area contributed by atoms with Gasteiger partial charge in [0, 0.05) is 10.2 Å². The molecular weight excluding hydrogens is 425 g/mol. The van der Waals surface area contributed by atoms with Crippen molar-refractivity contribution in [3.8, 4) is 0 Å². The summed E-state index contributed by atoms with van der Waals surface area (Å²) in [6, 6.07) is 13.1. The van der Waals surface area contributed by atoms with Crippen LogP contribution in [0.15, 0.2) is 53.0 Å². The number of hydrogen-bond acceptors (Lipinski definition) is 1. The normalized spacial score (nSPS) is 16.3. The Kier molecular flexibility index (Phi) is 5.58. The van der Waals surface area contributed by atoms with Gasteiger partial charge in [0.1, 0.15) is 0 Å². The number of thiocarbonyl (C=S) groups is 1. The third-order valence-electron chi connectivity index (χ3n) is 4.63. The van der Waals surface area contributed by atoms with E-state index in [0.29, 0.717) is 10.7 Å². The number of nitrogens with one attached hydrogen (secondary N) is 2. The maximum absolute atomic E-state index is 13.1. The molecule has 0 aliphatic heterocycles. The molecule has 0 heterocycles. The molecule has 0 atom stereocenters. The van der Waals surface area contributed by atoms with Gasteiger partial charge in [-0.15, -0.1) is 0 Å². The monoisotopic (exact) mass is 442 g/mol. The third-order valence-corrected chi connectivity index (χ3v) is 5.33. The fraction of sp³-hybridized carbons (Fsp3) is 0.316. The number of rotatable bonds is 3. The quantitative estimate of drug-likeness (QED) is 0.551. The van der Waals surface area contributed by atoms with Gasteiger partial charge in [-0.05, 0) is 61.0 Å². The fourth-order valence-corrected chi connectivity index (χ4v) is 4.12. The lowest BCUT2D eigenvalue weighted by atomic mass is 9.87. The van der Waals surface area contributed by atoms with E-state index in [1.54, 1.807) is 6.07 Å². The summed E-state index contributed by atoms with van der Waals surface area (Å²) >= 11 is 8.84. The van der Waals surface area contributed by atoms with Crippen LogP contribution in [0.4, 0.5) is 18.9 Å². The van der Waals surface area contributed by atoms with Gasteiger partial charge in [-0.25, -0.2) is 0 Å². The van der Waals surface area contributed by atoms with Crippen LogP contribution in [0.1, 0.15) is 36.8 Å². The molecule has 1 saturated carbocycles. The van der Waals surface area contributed by atoms with Crippen molar-refractivity contribution in [2.24, 2.45) is 0 Å². The van der Waals surface area contributed by atoms with Gasteiger partial charge in [0.15, 0.2) is 5.11 Å². The Morgan fingerprint density at radius 2 is 1.73 bits per heavy atom. The van der Waals surface area contributed by atoms with E-state index in [4.69, 9.17) is 12.2 Å². The van der Waals surface area contributed by atoms with E-state index < -0.39 is 17.3 Å². The van der Waals surface area contributed by atoms with Crippen LogP contribution >= 0.6 is 28.1 Å². The summed E-state index contributed by atoms with van der Waals surface area (Å²) in [5.41, 5.74) is 0.239. The molecule has 0 spiro atoms. The fourth-order valence-electron chi connectivity index (χ4n) is 3.40. The molecule has 2 aromatic carbocycles. The first-order valence-corrected chi connectivity index (χ1v) is 9.51. The molecule has 2 nitrogen and oxygen atoms in total. The lowest BCUT2D eigenvalue weighted by Gasteiger charge is -2.33. The van der Waals surface area contributed by atoms with Gasteiger partial charge >= 0.3 is 6.18 Å². The molecule has 0 aromatic heterocycles. The predicted molar refractivity (Wildman–Crippen MR) is 105 cm³/mol. The number of alkyl halides is 3. The van der Waals surface area contributed by atoms with Gasteiger partial charge in [0.25, 0.3) is 0 Å². The topological polar surface area (TPSA) is 24.1 Å². The van der Waals surface area contributed by atoms with Crippen LogP contribution in [0.3, 0.4) is 0 Å². The second-order valence-corrected chi connectivity index (χ2v) is 7.78. The molecular formula is C19H18BrF3N2S. The standard InChI is InChI=1S/C19H18BrF3N2S/c20-15-7-4-8-16(12-15)24-17(26)25-18(9-1-2-10-18)13-5-3-6-14(11-13)19(21,22)23/h3-8,11-12H,1-2,9-10H2,(H2,24,25,26). The lowest BCUT2D eigenvalue weighted by Crippen LogP contribution is -2.45. The van der Waals surface area contributed by atoms with Crippen molar-refractivity contribution >= 4 is 38.9 Å². The number of halogens is 4. The molecule has 7 heteroatoms.